The molecule has 0 radical (unpaired) electrons. The van der Waals surface area contributed by atoms with E-state index in [1.165, 1.54) is 77.9 Å². The van der Waals surface area contributed by atoms with Crippen molar-refractivity contribution in [3.63, 3.8) is 0 Å². The second-order valence-corrected chi connectivity index (χ2v) is 15.2. The number of para-hydroxylation sites is 1. The van der Waals surface area contributed by atoms with Crippen LogP contribution in [0.4, 0.5) is 0 Å². The normalized spacial score (nSPS) is 12.8. The fourth-order valence-corrected chi connectivity index (χ4v) is 9.41. The van der Waals surface area contributed by atoms with Crippen LogP contribution in [0.2, 0.25) is 0 Å². The van der Waals surface area contributed by atoms with E-state index in [1.54, 1.807) is 0 Å². The molecule has 0 unspecified atom stereocenters. The van der Waals surface area contributed by atoms with Crippen LogP contribution in [0.3, 0.4) is 0 Å². The quantitative estimate of drug-likeness (QED) is 0.159. The third kappa shape index (κ3) is 5.46. The molecule has 0 aliphatic heterocycles. The average molecular weight is 727 g/mol. The maximum atomic E-state index is 6.23. The Morgan fingerprint density at radius 3 is 1.72 bits per heavy atom. The second kappa shape index (κ2) is 13.5. The Balaban J connectivity index is 1.08. The highest BCUT2D eigenvalue weighted by atomic mass is 16.3. The van der Waals surface area contributed by atoms with Crippen molar-refractivity contribution in [2.24, 2.45) is 0 Å². The van der Waals surface area contributed by atoms with Gasteiger partial charge in [-0.25, -0.2) is 0 Å². The van der Waals surface area contributed by atoms with Crippen molar-refractivity contribution in [3.8, 4) is 44.5 Å². The lowest BCUT2D eigenvalue weighted by atomic mass is 9.67. The molecule has 0 amide bonds. The summed E-state index contributed by atoms with van der Waals surface area (Å²) >= 11 is 0. The summed E-state index contributed by atoms with van der Waals surface area (Å²) in [6.07, 6.45) is 0.867. The first kappa shape index (κ1) is 33.1. The topological polar surface area (TPSA) is 13.1 Å². The molecular formula is C56H38O. The van der Waals surface area contributed by atoms with Gasteiger partial charge in [0.25, 0.3) is 0 Å². The van der Waals surface area contributed by atoms with Crippen LogP contribution >= 0.6 is 0 Å². The molecule has 0 atom stereocenters. The van der Waals surface area contributed by atoms with Gasteiger partial charge in [0.05, 0.1) is 5.41 Å². The highest BCUT2D eigenvalue weighted by Gasteiger charge is 2.46. The molecule has 0 bridgehead atoms. The van der Waals surface area contributed by atoms with Gasteiger partial charge in [-0.15, -0.1) is 0 Å². The molecule has 1 nitrogen and oxygen atoms in total. The van der Waals surface area contributed by atoms with E-state index in [1.807, 2.05) is 12.1 Å². The van der Waals surface area contributed by atoms with E-state index in [-0.39, 0.29) is 0 Å². The lowest BCUT2D eigenvalue weighted by Crippen LogP contribution is -2.28. The average Bonchev–Trinajstić information content (AvgIpc) is 3.80. The van der Waals surface area contributed by atoms with Gasteiger partial charge in [0.15, 0.2) is 0 Å². The summed E-state index contributed by atoms with van der Waals surface area (Å²) in [6, 6.07) is 80.0. The zero-order chi connectivity index (χ0) is 37.8. The van der Waals surface area contributed by atoms with Gasteiger partial charge >= 0.3 is 0 Å². The number of fused-ring (bicyclic) bond motifs is 6. The minimum absolute atomic E-state index is 0.448. The van der Waals surface area contributed by atoms with Crippen molar-refractivity contribution in [2.45, 2.75) is 11.8 Å². The molecule has 0 N–H and O–H groups in total. The second-order valence-electron chi connectivity index (χ2n) is 15.2. The van der Waals surface area contributed by atoms with Crippen LogP contribution in [0.15, 0.2) is 223 Å². The smallest absolute Gasteiger partial charge is 0.135 e. The Bertz CT molecular complexity index is 3040. The van der Waals surface area contributed by atoms with Crippen molar-refractivity contribution in [1.29, 1.82) is 0 Å². The van der Waals surface area contributed by atoms with E-state index in [2.05, 4.69) is 206 Å². The van der Waals surface area contributed by atoms with Gasteiger partial charge in [-0.2, -0.15) is 0 Å². The van der Waals surface area contributed by atoms with Gasteiger partial charge in [-0.05, 0) is 115 Å². The van der Waals surface area contributed by atoms with Crippen LogP contribution in [0.25, 0.3) is 66.4 Å². The summed E-state index contributed by atoms with van der Waals surface area (Å²) in [5, 5.41) is 2.27. The van der Waals surface area contributed by atoms with Crippen LogP contribution in [0.5, 0.6) is 0 Å². The number of hydrogen-bond acceptors (Lipinski definition) is 1. The maximum absolute atomic E-state index is 6.23. The van der Waals surface area contributed by atoms with E-state index in [0.29, 0.717) is 0 Å². The number of hydrogen-bond donors (Lipinski definition) is 0. The summed E-state index contributed by atoms with van der Waals surface area (Å²) in [6.45, 7) is 0. The van der Waals surface area contributed by atoms with Gasteiger partial charge in [-0.3, -0.25) is 0 Å². The van der Waals surface area contributed by atoms with E-state index >= 15 is 0 Å². The van der Waals surface area contributed by atoms with Crippen molar-refractivity contribution in [3.05, 3.63) is 252 Å². The lowest BCUT2D eigenvalue weighted by molar-refractivity contribution is 0.669. The zero-order valence-corrected chi connectivity index (χ0v) is 31.4. The molecule has 10 aromatic rings. The molecule has 9 aromatic carbocycles. The molecule has 268 valence electrons. The monoisotopic (exact) mass is 726 g/mol. The summed E-state index contributed by atoms with van der Waals surface area (Å²) in [5.41, 5.74) is 18.9. The van der Waals surface area contributed by atoms with Gasteiger partial charge in [-0.1, -0.05) is 188 Å². The van der Waals surface area contributed by atoms with Crippen LogP contribution in [0, 0.1) is 0 Å². The molecule has 1 heteroatoms. The van der Waals surface area contributed by atoms with Crippen molar-refractivity contribution >= 4 is 21.9 Å². The molecule has 1 heterocycles. The van der Waals surface area contributed by atoms with E-state index in [0.717, 1.165) is 28.4 Å². The third-order valence-electron chi connectivity index (χ3n) is 12.0. The molecule has 57 heavy (non-hydrogen) atoms. The molecule has 0 saturated carbocycles. The first-order valence-electron chi connectivity index (χ1n) is 19.8. The summed E-state index contributed by atoms with van der Waals surface area (Å²) < 4.78 is 6.23. The SMILES string of the molecule is c1ccc(Cc2ccc(-c3ccc4oc5ccccc5c4c3)c(-c3cccc(-c4ccc5c(c4)C(c4ccccc4)(c4ccccc4)c4ccccc4-5)c3)c2)cc1. The first-order valence-corrected chi connectivity index (χ1v) is 19.8. The van der Waals surface area contributed by atoms with E-state index in [9.17, 15) is 0 Å². The molecule has 0 spiro atoms. The summed E-state index contributed by atoms with van der Waals surface area (Å²) in [5.74, 6) is 0. The van der Waals surface area contributed by atoms with Gasteiger partial charge in [0, 0.05) is 10.8 Å². The Morgan fingerprint density at radius 2 is 0.912 bits per heavy atom. The van der Waals surface area contributed by atoms with Crippen LogP contribution in [0.1, 0.15) is 33.4 Å². The van der Waals surface area contributed by atoms with Crippen molar-refractivity contribution < 1.29 is 4.42 Å². The highest BCUT2D eigenvalue weighted by Crippen LogP contribution is 2.56. The predicted octanol–water partition coefficient (Wildman–Crippen LogP) is 14.5. The van der Waals surface area contributed by atoms with Crippen LogP contribution in [-0.2, 0) is 11.8 Å². The van der Waals surface area contributed by atoms with Crippen LogP contribution < -0.4 is 0 Å². The summed E-state index contributed by atoms with van der Waals surface area (Å²) in [7, 11) is 0. The minimum Gasteiger partial charge on any atom is -0.456 e. The Kier molecular flexibility index (Phi) is 7.86. The minimum atomic E-state index is -0.448. The molecule has 0 fully saturated rings. The summed E-state index contributed by atoms with van der Waals surface area (Å²) in [4.78, 5) is 0. The van der Waals surface area contributed by atoms with Crippen molar-refractivity contribution in [1.82, 2.24) is 0 Å². The number of benzene rings is 9. The number of furan rings is 1. The van der Waals surface area contributed by atoms with Gasteiger partial charge in [0.2, 0.25) is 0 Å². The Hall–Kier alpha value is -7.22. The van der Waals surface area contributed by atoms with Gasteiger partial charge in [0.1, 0.15) is 11.2 Å². The largest absolute Gasteiger partial charge is 0.456 e. The Labute approximate surface area is 333 Å². The number of rotatable bonds is 7. The molecule has 1 aromatic heterocycles. The Morgan fingerprint density at radius 1 is 0.316 bits per heavy atom. The molecule has 0 saturated heterocycles. The van der Waals surface area contributed by atoms with E-state index < -0.39 is 5.41 Å². The molecular weight excluding hydrogens is 689 g/mol. The van der Waals surface area contributed by atoms with Crippen LogP contribution in [-0.4, -0.2) is 0 Å². The predicted molar refractivity (Wildman–Crippen MR) is 237 cm³/mol. The maximum Gasteiger partial charge on any atom is 0.135 e. The standard InChI is InChI=1S/C56H38O/c1-4-15-38(16-5-1)33-39-27-30-46(43-29-32-55-51(36-43)49-24-11-13-26-54(49)57-55)50(34-39)42-18-14-17-40(35-42)41-28-31-48-47-23-10-12-25-52(47)56(53(48)37-41,44-19-6-2-7-20-44)45-21-8-3-9-22-45/h1-32,34-37H,33H2. The fraction of sp³-hybridized carbons (Fsp3) is 0.0357. The van der Waals surface area contributed by atoms with Gasteiger partial charge < -0.3 is 4.42 Å². The molecule has 11 rings (SSSR count). The lowest BCUT2D eigenvalue weighted by Gasteiger charge is -2.34. The zero-order valence-electron chi connectivity index (χ0n) is 31.4. The first-order chi connectivity index (χ1) is 28.2. The highest BCUT2D eigenvalue weighted by molar-refractivity contribution is 6.06. The van der Waals surface area contributed by atoms with E-state index in [4.69, 9.17) is 4.42 Å². The third-order valence-corrected chi connectivity index (χ3v) is 12.0. The molecule has 1 aliphatic carbocycles. The fourth-order valence-electron chi connectivity index (χ4n) is 9.41. The van der Waals surface area contributed by atoms with Crippen molar-refractivity contribution in [2.75, 3.05) is 0 Å². The molecule has 1 aliphatic rings.